The zero-order chi connectivity index (χ0) is 5.54. The molecule has 0 aliphatic heterocycles. The molecule has 0 saturated heterocycles. The van der Waals surface area contributed by atoms with Gasteiger partial charge in [-0.15, -0.1) is 8.46 Å². The number of hydrogen-bond donors (Lipinski definition) is 1. The number of aliphatic hydroxyl groups is 1. The minimum atomic E-state index is 0.345. The van der Waals surface area contributed by atoms with E-state index in [1.807, 2.05) is 0 Å². The number of halogens is 1. The summed E-state index contributed by atoms with van der Waals surface area (Å²) < 4.78 is 0. The van der Waals surface area contributed by atoms with E-state index in [0.717, 1.165) is 21.0 Å². The fourth-order valence-electron chi connectivity index (χ4n) is 0.236. The monoisotopic (exact) mass is 229 g/mol. The Balaban J connectivity index is 2.45. The van der Waals surface area contributed by atoms with Gasteiger partial charge in [0.15, 0.2) is 0 Å². The lowest BCUT2D eigenvalue weighted by atomic mass is 10.5. The van der Waals surface area contributed by atoms with Crippen LogP contribution in [0.2, 0.25) is 0 Å². The minimum absolute atomic E-state index is 0.345. The second-order valence-corrected chi connectivity index (χ2v) is 4.14. The Kier molecular flexibility index (Phi) is 8.40. The van der Waals surface area contributed by atoms with Crippen LogP contribution < -0.4 is 0 Å². The van der Waals surface area contributed by atoms with Crippen molar-refractivity contribution in [3.05, 3.63) is 0 Å². The van der Waals surface area contributed by atoms with Gasteiger partial charge in [-0.1, -0.05) is 0 Å². The molecule has 0 fully saturated rings. The van der Waals surface area contributed by atoms with Crippen LogP contribution in [0.1, 0.15) is 6.42 Å². The molecule has 0 aliphatic carbocycles. The lowest BCUT2D eigenvalue weighted by molar-refractivity contribution is 0.296. The molecule has 1 unspecified atom stereocenters. The molecular formula is C3H8BIOP. The summed E-state index contributed by atoms with van der Waals surface area (Å²) in [6.07, 6.45) is 2.11. The molecule has 0 spiro atoms. The van der Waals surface area contributed by atoms with Crippen molar-refractivity contribution in [3.8, 4) is 0 Å². The minimum Gasteiger partial charge on any atom is -0.396 e. The molecule has 4 heteroatoms. The lowest BCUT2D eigenvalue weighted by Gasteiger charge is -1.89. The standard InChI is InChI=1S/C3H8BIOP/c5-4-7-3-1-2-6/h6-7H,1-3H2. The van der Waals surface area contributed by atoms with E-state index in [1.165, 1.54) is 0 Å². The number of aliphatic hydroxyl groups excluding tert-OH is 1. The first kappa shape index (κ1) is 8.18. The van der Waals surface area contributed by atoms with Gasteiger partial charge in [-0.2, -0.15) is 22.4 Å². The highest BCUT2D eigenvalue weighted by molar-refractivity contribution is 14.1. The average Bonchev–Trinajstić information content (AvgIpc) is 1.69. The molecule has 1 N–H and O–H groups in total. The van der Waals surface area contributed by atoms with Gasteiger partial charge >= 0.3 is 0 Å². The number of rotatable bonds is 4. The predicted octanol–water partition coefficient (Wildman–Crippen LogP) is 1.02. The second kappa shape index (κ2) is 7.18. The second-order valence-electron chi connectivity index (χ2n) is 1.14. The van der Waals surface area contributed by atoms with Crippen LogP contribution in [0.15, 0.2) is 0 Å². The maximum absolute atomic E-state index is 8.28. The molecule has 0 saturated carbocycles. The summed E-state index contributed by atoms with van der Waals surface area (Å²) in [7, 11) is 0.923. The summed E-state index contributed by atoms with van der Waals surface area (Å²) in [6, 6.07) is 0. The van der Waals surface area contributed by atoms with E-state index in [-0.39, 0.29) is 0 Å². The molecule has 41 valence electrons. The van der Waals surface area contributed by atoms with Gasteiger partial charge in [0.2, 0.25) is 4.86 Å². The van der Waals surface area contributed by atoms with E-state index in [4.69, 9.17) is 5.11 Å². The molecule has 0 heterocycles. The predicted molar refractivity (Wildman–Crippen MR) is 44.7 cm³/mol. The zero-order valence-corrected chi connectivity index (χ0v) is 7.18. The molecule has 1 atom stereocenters. The Hall–Kier alpha value is 1.18. The largest absolute Gasteiger partial charge is 0.396 e. The molecule has 0 rings (SSSR count). The van der Waals surface area contributed by atoms with Crippen molar-refractivity contribution in [2.75, 3.05) is 12.8 Å². The van der Waals surface area contributed by atoms with Gasteiger partial charge in [-0.25, -0.2) is 0 Å². The van der Waals surface area contributed by atoms with Crippen molar-refractivity contribution < 1.29 is 5.11 Å². The first-order valence-electron chi connectivity index (χ1n) is 2.18. The van der Waals surface area contributed by atoms with E-state index in [2.05, 4.69) is 27.2 Å². The molecule has 1 radical (unpaired) electrons. The van der Waals surface area contributed by atoms with E-state index < -0.39 is 0 Å². The van der Waals surface area contributed by atoms with Gasteiger partial charge < -0.3 is 5.11 Å². The van der Waals surface area contributed by atoms with Gasteiger partial charge in [-0.3, -0.25) is 0 Å². The van der Waals surface area contributed by atoms with Crippen molar-refractivity contribution in [2.45, 2.75) is 6.42 Å². The topological polar surface area (TPSA) is 20.2 Å². The summed E-state index contributed by atoms with van der Waals surface area (Å²) in [5, 5.41) is 8.28. The van der Waals surface area contributed by atoms with Gasteiger partial charge in [0.25, 0.3) is 0 Å². The third kappa shape index (κ3) is 7.18. The van der Waals surface area contributed by atoms with Crippen LogP contribution in [-0.4, -0.2) is 22.7 Å². The van der Waals surface area contributed by atoms with Gasteiger partial charge in [0.05, 0.1) is 0 Å². The first-order chi connectivity index (χ1) is 3.41. The summed E-state index contributed by atoms with van der Waals surface area (Å²) in [5.74, 6) is 0. The molecule has 0 aromatic heterocycles. The van der Waals surface area contributed by atoms with Gasteiger partial charge in [-0.05, 0) is 12.6 Å². The maximum atomic E-state index is 8.28. The van der Waals surface area contributed by atoms with Crippen LogP contribution in [0.3, 0.4) is 0 Å². The summed E-state index contributed by atoms with van der Waals surface area (Å²) in [6.45, 7) is 0.345. The SMILES string of the molecule is OCCCP[B]I. The van der Waals surface area contributed by atoms with E-state index >= 15 is 0 Å². The third-order valence-electron chi connectivity index (χ3n) is 0.556. The van der Waals surface area contributed by atoms with Crippen molar-refractivity contribution in [3.63, 3.8) is 0 Å². The zero-order valence-electron chi connectivity index (χ0n) is 4.02. The molecule has 0 amide bonds. The summed E-state index contributed by atoms with van der Waals surface area (Å²) >= 11 is 2.23. The summed E-state index contributed by atoms with van der Waals surface area (Å²) in [4.78, 5) is 2.12. The Morgan fingerprint density at radius 1 is 1.71 bits per heavy atom. The Morgan fingerprint density at radius 3 is 2.86 bits per heavy atom. The molecule has 0 aliphatic rings. The fraction of sp³-hybridized carbons (Fsp3) is 1.00. The van der Waals surface area contributed by atoms with Crippen molar-refractivity contribution in [2.24, 2.45) is 0 Å². The highest BCUT2D eigenvalue weighted by atomic mass is 127. The van der Waals surface area contributed by atoms with Crippen LogP contribution in [0, 0.1) is 0 Å². The maximum Gasteiger partial charge on any atom is 0.230 e. The fourth-order valence-corrected chi connectivity index (χ4v) is 1.64. The van der Waals surface area contributed by atoms with Crippen LogP contribution in [0.4, 0.5) is 0 Å². The van der Waals surface area contributed by atoms with E-state index in [0.29, 0.717) is 6.61 Å². The Labute approximate surface area is 60.1 Å². The smallest absolute Gasteiger partial charge is 0.230 e. The average molecular weight is 229 g/mol. The Bertz CT molecular complexity index is 34.1. The van der Waals surface area contributed by atoms with Crippen LogP contribution in [-0.2, 0) is 0 Å². The number of hydrogen-bond acceptors (Lipinski definition) is 1. The van der Waals surface area contributed by atoms with Crippen LogP contribution in [0.25, 0.3) is 0 Å². The normalized spacial score (nSPS) is 10.6. The quantitative estimate of drug-likeness (QED) is 0.330. The van der Waals surface area contributed by atoms with E-state index in [9.17, 15) is 0 Å². The highest BCUT2D eigenvalue weighted by Gasteiger charge is 1.83. The van der Waals surface area contributed by atoms with Crippen LogP contribution >= 0.6 is 30.8 Å². The van der Waals surface area contributed by atoms with Crippen LogP contribution in [0.5, 0.6) is 0 Å². The molecule has 0 aromatic carbocycles. The molecule has 0 bridgehead atoms. The lowest BCUT2D eigenvalue weighted by Crippen LogP contribution is -1.83. The third-order valence-corrected chi connectivity index (χ3v) is 2.67. The van der Waals surface area contributed by atoms with Crippen molar-refractivity contribution >= 4 is 35.7 Å². The van der Waals surface area contributed by atoms with Gasteiger partial charge in [0.1, 0.15) is 0 Å². The summed E-state index contributed by atoms with van der Waals surface area (Å²) in [5.41, 5.74) is 0. The Morgan fingerprint density at radius 2 is 2.43 bits per heavy atom. The van der Waals surface area contributed by atoms with Gasteiger partial charge in [0, 0.05) is 6.61 Å². The molecule has 0 aromatic rings. The van der Waals surface area contributed by atoms with Crippen molar-refractivity contribution in [1.29, 1.82) is 0 Å². The molecular weight excluding hydrogens is 221 g/mol. The first-order valence-corrected chi connectivity index (χ1v) is 4.71. The molecule has 1 nitrogen and oxygen atoms in total. The molecule has 7 heavy (non-hydrogen) atoms. The van der Waals surface area contributed by atoms with E-state index in [1.54, 1.807) is 0 Å². The highest BCUT2D eigenvalue weighted by Crippen LogP contribution is 2.10. The van der Waals surface area contributed by atoms with Crippen molar-refractivity contribution in [1.82, 2.24) is 0 Å².